The minimum Gasteiger partial charge on any atom is -0.323 e. The van der Waals surface area contributed by atoms with Crippen molar-refractivity contribution in [3.05, 3.63) is 35.9 Å². The van der Waals surface area contributed by atoms with E-state index in [1.165, 1.54) is 0 Å². The predicted molar refractivity (Wildman–Crippen MR) is 86.8 cm³/mol. The third-order valence-electron chi connectivity index (χ3n) is 4.89. The molecule has 1 aromatic carbocycles. The molecule has 3 atom stereocenters. The number of benzene rings is 1. The summed E-state index contributed by atoms with van der Waals surface area (Å²) in [5.74, 6) is 0.798. The first-order chi connectivity index (χ1) is 10.1. The van der Waals surface area contributed by atoms with Gasteiger partial charge in [0.05, 0.1) is 6.17 Å². The minimum atomic E-state index is -0.187. The van der Waals surface area contributed by atoms with Crippen LogP contribution in [0.15, 0.2) is 30.3 Å². The van der Waals surface area contributed by atoms with Crippen molar-refractivity contribution in [3.8, 4) is 0 Å². The number of carbonyl (C=O) groups is 1. The maximum atomic E-state index is 12.9. The molecule has 116 valence electrons. The molecule has 0 spiro atoms. The van der Waals surface area contributed by atoms with Crippen LogP contribution in [0, 0.1) is 5.92 Å². The SMILES string of the molecule is CCC(CC)C(C)N1C(=O)C(c2ccccc2)NC1CC. The third-order valence-corrected chi connectivity index (χ3v) is 4.89. The van der Waals surface area contributed by atoms with E-state index >= 15 is 0 Å². The molecule has 3 heteroatoms. The van der Waals surface area contributed by atoms with Gasteiger partial charge in [-0.05, 0) is 24.8 Å². The maximum absolute atomic E-state index is 12.9. The first kappa shape index (κ1) is 16.0. The van der Waals surface area contributed by atoms with Gasteiger partial charge in [0.25, 0.3) is 0 Å². The molecule has 2 rings (SSSR count). The predicted octanol–water partition coefficient (Wildman–Crippen LogP) is 3.72. The fourth-order valence-corrected chi connectivity index (χ4v) is 3.53. The van der Waals surface area contributed by atoms with Gasteiger partial charge in [-0.2, -0.15) is 0 Å². The summed E-state index contributed by atoms with van der Waals surface area (Å²) in [6.07, 6.45) is 3.33. The summed E-state index contributed by atoms with van der Waals surface area (Å²) in [7, 11) is 0. The van der Waals surface area contributed by atoms with Gasteiger partial charge in [0.1, 0.15) is 6.04 Å². The van der Waals surface area contributed by atoms with Gasteiger partial charge in [-0.3, -0.25) is 10.1 Å². The van der Waals surface area contributed by atoms with E-state index in [9.17, 15) is 4.79 Å². The van der Waals surface area contributed by atoms with Gasteiger partial charge >= 0.3 is 0 Å². The van der Waals surface area contributed by atoms with Crippen molar-refractivity contribution in [2.75, 3.05) is 0 Å². The summed E-state index contributed by atoms with van der Waals surface area (Å²) in [5, 5.41) is 3.52. The zero-order valence-electron chi connectivity index (χ0n) is 13.7. The molecule has 1 aliphatic heterocycles. The Hall–Kier alpha value is -1.35. The third kappa shape index (κ3) is 3.13. The van der Waals surface area contributed by atoms with Crippen molar-refractivity contribution < 1.29 is 4.79 Å². The second kappa shape index (κ2) is 7.08. The van der Waals surface area contributed by atoms with Crippen LogP contribution < -0.4 is 5.32 Å². The minimum absolute atomic E-state index is 0.151. The van der Waals surface area contributed by atoms with E-state index in [4.69, 9.17) is 0 Å². The lowest BCUT2D eigenvalue weighted by molar-refractivity contribution is -0.133. The number of hydrogen-bond donors (Lipinski definition) is 1. The van der Waals surface area contributed by atoms with E-state index in [2.05, 4.69) is 37.9 Å². The quantitative estimate of drug-likeness (QED) is 0.865. The standard InChI is InChI=1S/C18H28N2O/c1-5-14(6-2)13(4)20-16(7-3)19-17(18(20)21)15-11-9-8-10-12-15/h8-14,16-17,19H,5-7H2,1-4H3. The maximum Gasteiger partial charge on any atom is 0.245 e. The van der Waals surface area contributed by atoms with Crippen molar-refractivity contribution in [1.82, 2.24) is 10.2 Å². The average molecular weight is 288 g/mol. The number of carbonyl (C=O) groups excluding carboxylic acids is 1. The van der Waals surface area contributed by atoms with E-state index in [-0.39, 0.29) is 18.1 Å². The Bertz CT molecular complexity index is 456. The first-order valence-corrected chi connectivity index (χ1v) is 8.27. The van der Waals surface area contributed by atoms with Crippen LogP contribution in [-0.4, -0.2) is 23.0 Å². The molecule has 0 aromatic heterocycles. The Kier molecular flexibility index (Phi) is 5.40. The second-order valence-corrected chi connectivity index (χ2v) is 6.00. The van der Waals surface area contributed by atoms with Gasteiger partial charge in [-0.25, -0.2) is 0 Å². The molecule has 0 bridgehead atoms. The van der Waals surface area contributed by atoms with Gasteiger partial charge in [0, 0.05) is 6.04 Å². The Morgan fingerprint density at radius 3 is 2.29 bits per heavy atom. The lowest BCUT2D eigenvalue weighted by Gasteiger charge is -2.34. The van der Waals surface area contributed by atoms with Gasteiger partial charge in [-0.1, -0.05) is 63.9 Å². The summed E-state index contributed by atoms with van der Waals surface area (Å²) in [6, 6.07) is 10.2. The molecule has 1 aromatic rings. The van der Waals surface area contributed by atoms with Crippen molar-refractivity contribution in [2.45, 2.75) is 65.2 Å². The normalized spacial score (nSPS) is 23.9. The van der Waals surface area contributed by atoms with Crippen LogP contribution in [-0.2, 0) is 4.79 Å². The molecule has 1 fully saturated rings. The molecule has 21 heavy (non-hydrogen) atoms. The number of hydrogen-bond acceptors (Lipinski definition) is 2. The monoisotopic (exact) mass is 288 g/mol. The van der Waals surface area contributed by atoms with E-state index in [0.29, 0.717) is 12.0 Å². The summed E-state index contributed by atoms with van der Waals surface area (Å²) in [4.78, 5) is 15.0. The lowest BCUT2D eigenvalue weighted by Crippen LogP contribution is -2.46. The Morgan fingerprint density at radius 1 is 1.14 bits per heavy atom. The van der Waals surface area contributed by atoms with Crippen molar-refractivity contribution >= 4 is 5.91 Å². The molecule has 1 amide bonds. The number of rotatable bonds is 6. The molecule has 1 aliphatic rings. The highest BCUT2D eigenvalue weighted by atomic mass is 16.2. The molecule has 3 nitrogen and oxygen atoms in total. The highest BCUT2D eigenvalue weighted by molar-refractivity contribution is 5.86. The molecule has 3 unspecified atom stereocenters. The summed E-state index contributed by atoms with van der Waals surface area (Å²) < 4.78 is 0. The summed E-state index contributed by atoms with van der Waals surface area (Å²) >= 11 is 0. The lowest BCUT2D eigenvalue weighted by atomic mass is 9.93. The van der Waals surface area contributed by atoms with Crippen LogP contribution in [0.5, 0.6) is 0 Å². The topological polar surface area (TPSA) is 32.3 Å². The number of nitrogens with zero attached hydrogens (tertiary/aromatic N) is 1. The van der Waals surface area contributed by atoms with Gasteiger partial charge in [0.15, 0.2) is 0 Å². The van der Waals surface area contributed by atoms with Crippen LogP contribution in [0.25, 0.3) is 0 Å². The van der Waals surface area contributed by atoms with Crippen molar-refractivity contribution in [2.24, 2.45) is 5.92 Å². The molecule has 0 saturated carbocycles. The van der Waals surface area contributed by atoms with Gasteiger partial charge < -0.3 is 4.90 Å². The van der Waals surface area contributed by atoms with E-state index < -0.39 is 0 Å². The van der Waals surface area contributed by atoms with Gasteiger partial charge in [0.2, 0.25) is 5.91 Å². The van der Waals surface area contributed by atoms with Crippen LogP contribution in [0.1, 0.15) is 58.6 Å². The highest BCUT2D eigenvalue weighted by Gasteiger charge is 2.42. The highest BCUT2D eigenvalue weighted by Crippen LogP contribution is 2.30. The average Bonchev–Trinajstić information content (AvgIpc) is 2.86. The summed E-state index contributed by atoms with van der Waals surface area (Å²) in [6.45, 7) is 8.78. The van der Waals surface area contributed by atoms with E-state index in [0.717, 1.165) is 24.8 Å². The first-order valence-electron chi connectivity index (χ1n) is 8.27. The number of nitrogens with one attached hydrogen (secondary N) is 1. The smallest absolute Gasteiger partial charge is 0.245 e. The zero-order valence-corrected chi connectivity index (χ0v) is 13.7. The van der Waals surface area contributed by atoms with Crippen LogP contribution in [0.3, 0.4) is 0 Å². The van der Waals surface area contributed by atoms with Crippen molar-refractivity contribution in [1.29, 1.82) is 0 Å². The molecule has 1 heterocycles. The Balaban J connectivity index is 2.23. The van der Waals surface area contributed by atoms with Crippen molar-refractivity contribution in [3.63, 3.8) is 0 Å². The fraction of sp³-hybridized carbons (Fsp3) is 0.611. The molecule has 0 aliphatic carbocycles. The van der Waals surface area contributed by atoms with E-state index in [1.807, 2.05) is 30.3 Å². The molecule has 0 radical (unpaired) electrons. The molecular formula is C18H28N2O. The van der Waals surface area contributed by atoms with Crippen LogP contribution in [0.2, 0.25) is 0 Å². The molecular weight excluding hydrogens is 260 g/mol. The fourth-order valence-electron chi connectivity index (χ4n) is 3.53. The summed E-state index contributed by atoms with van der Waals surface area (Å²) in [5.41, 5.74) is 1.07. The zero-order chi connectivity index (χ0) is 15.4. The second-order valence-electron chi connectivity index (χ2n) is 6.00. The molecule has 1 saturated heterocycles. The van der Waals surface area contributed by atoms with Crippen LogP contribution in [0.4, 0.5) is 0 Å². The van der Waals surface area contributed by atoms with Crippen LogP contribution >= 0.6 is 0 Å². The molecule has 1 N–H and O–H groups in total. The Morgan fingerprint density at radius 2 is 1.76 bits per heavy atom. The van der Waals surface area contributed by atoms with E-state index in [1.54, 1.807) is 0 Å². The largest absolute Gasteiger partial charge is 0.323 e. The van der Waals surface area contributed by atoms with Gasteiger partial charge in [-0.15, -0.1) is 0 Å². The number of amides is 1. The Labute approximate surface area is 128 Å².